The molecule has 2 amide bonds. The van der Waals surface area contributed by atoms with Crippen LogP contribution >= 0.6 is 11.6 Å². The molecule has 0 aliphatic heterocycles. The van der Waals surface area contributed by atoms with E-state index < -0.39 is 0 Å². The molecule has 0 saturated heterocycles. The number of hydrogen-bond donors (Lipinski definition) is 2. The number of amides is 2. The molecule has 2 aromatic carbocycles. The van der Waals surface area contributed by atoms with Crippen LogP contribution in [0.5, 0.6) is 5.75 Å². The fraction of sp³-hybridized carbons (Fsp3) is 0.176. The molecule has 0 heterocycles. The predicted molar refractivity (Wildman–Crippen MR) is 89.8 cm³/mol. The summed E-state index contributed by atoms with van der Waals surface area (Å²) in [5.74, 6) is -0.100. The first-order valence-corrected chi connectivity index (χ1v) is 7.43. The molecular weight excluding hydrogens is 316 g/mol. The monoisotopic (exact) mass is 332 g/mol. The summed E-state index contributed by atoms with van der Waals surface area (Å²) < 4.78 is 5.29. The minimum atomic E-state index is -0.369. The molecule has 0 aromatic heterocycles. The van der Waals surface area contributed by atoms with Gasteiger partial charge in [-0.25, -0.2) is 0 Å². The molecule has 6 heteroatoms. The van der Waals surface area contributed by atoms with Gasteiger partial charge in [0.05, 0.1) is 6.54 Å². The Balaban J connectivity index is 1.75. The number of nitrogens with one attached hydrogen (secondary N) is 2. The number of ether oxygens (including phenoxy) is 1. The van der Waals surface area contributed by atoms with E-state index in [4.69, 9.17) is 16.3 Å². The molecule has 0 spiro atoms. The Morgan fingerprint density at radius 3 is 2.57 bits per heavy atom. The van der Waals surface area contributed by atoms with Crippen LogP contribution in [-0.4, -0.2) is 25.0 Å². The maximum Gasteiger partial charge on any atom is 0.258 e. The first-order valence-electron chi connectivity index (χ1n) is 7.05. The summed E-state index contributed by atoms with van der Waals surface area (Å²) in [6, 6.07) is 14.2. The van der Waals surface area contributed by atoms with Crippen molar-refractivity contribution in [1.82, 2.24) is 5.32 Å². The van der Waals surface area contributed by atoms with E-state index in [1.807, 2.05) is 31.2 Å². The summed E-state index contributed by atoms with van der Waals surface area (Å²) >= 11 is 5.89. The molecule has 2 aromatic rings. The summed E-state index contributed by atoms with van der Waals surface area (Å²) in [5.41, 5.74) is 1.51. The van der Waals surface area contributed by atoms with Crippen LogP contribution in [0.1, 0.15) is 5.56 Å². The van der Waals surface area contributed by atoms with Crippen molar-refractivity contribution < 1.29 is 14.3 Å². The molecule has 5 nitrogen and oxygen atoms in total. The van der Waals surface area contributed by atoms with Gasteiger partial charge < -0.3 is 15.4 Å². The smallest absolute Gasteiger partial charge is 0.258 e. The summed E-state index contributed by atoms with van der Waals surface area (Å²) in [6.07, 6.45) is 0. The van der Waals surface area contributed by atoms with Gasteiger partial charge in [0, 0.05) is 10.7 Å². The normalized spacial score (nSPS) is 10.0. The van der Waals surface area contributed by atoms with Gasteiger partial charge in [-0.05, 0) is 36.8 Å². The predicted octanol–water partition coefficient (Wildman–Crippen LogP) is 2.78. The van der Waals surface area contributed by atoms with Crippen molar-refractivity contribution in [2.45, 2.75) is 6.92 Å². The molecule has 2 rings (SSSR count). The van der Waals surface area contributed by atoms with Crippen molar-refractivity contribution in [2.75, 3.05) is 18.5 Å². The second-order valence-corrected chi connectivity index (χ2v) is 5.32. The van der Waals surface area contributed by atoms with Crippen LogP contribution < -0.4 is 15.4 Å². The van der Waals surface area contributed by atoms with Gasteiger partial charge in [-0.2, -0.15) is 0 Å². The van der Waals surface area contributed by atoms with Gasteiger partial charge in [0.15, 0.2) is 6.61 Å². The zero-order valence-corrected chi connectivity index (χ0v) is 13.4. The summed E-state index contributed by atoms with van der Waals surface area (Å²) in [6.45, 7) is 1.58. The number of carbonyl (C=O) groups is 2. The van der Waals surface area contributed by atoms with Gasteiger partial charge in [-0.3, -0.25) is 9.59 Å². The minimum absolute atomic E-state index is 0.136. The quantitative estimate of drug-likeness (QED) is 0.854. The highest BCUT2D eigenvalue weighted by atomic mass is 35.5. The second-order valence-electron chi connectivity index (χ2n) is 4.89. The Hall–Kier alpha value is -2.53. The van der Waals surface area contributed by atoms with Crippen molar-refractivity contribution >= 4 is 29.1 Å². The number of anilines is 1. The zero-order valence-electron chi connectivity index (χ0n) is 12.6. The lowest BCUT2D eigenvalue weighted by atomic mass is 10.2. The Bertz CT molecular complexity index is 689. The Morgan fingerprint density at radius 1 is 1.09 bits per heavy atom. The van der Waals surface area contributed by atoms with Crippen LogP contribution in [0.3, 0.4) is 0 Å². The molecule has 0 atom stereocenters. The Kier molecular flexibility index (Phi) is 6.00. The van der Waals surface area contributed by atoms with Crippen molar-refractivity contribution in [3.8, 4) is 5.75 Å². The Morgan fingerprint density at radius 2 is 1.83 bits per heavy atom. The molecule has 0 unspecified atom stereocenters. The van der Waals surface area contributed by atoms with E-state index >= 15 is 0 Å². The van der Waals surface area contributed by atoms with E-state index in [0.717, 1.165) is 5.56 Å². The van der Waals surface area contributed by atoms with Gasteiger partial charge in [0.1, 0.15) is 5.75 Å². The lowest BCUT2D eigenvalue weighted by Gasteiger charge is -2.10. The number of halogens is 1. The number of hydrogen-bond acceptors (Lipinski definition) is 3. The third-order valence-corrected chi connectivity index (χ3v) is 3.27. The summed E-state index contributed by atoms with van der Waals surface area (Å²) in [7, 11) is 0. The van der Waals surface area contributed by atoms with Gasteiger partial charge in [0.2, 0.25) is 5.91 Å². The highest BCUT2D eigenvalue weighted by Gasteiger charge is 2.08. The van der Waals surface area contributed by atoms with E-state index in [1.54, 1.807) is 24.3 Å². The maximum absolute atomic E-state index is 11.8. The molecule has 2 N–H and O–H groups in total. The number of aryl methyl sites for hydroxylation is 1. The fourth-order valence-corrected chi connectivity index (χ4v) is 1.99. The molecule has 23 heavy (non-hydrogen) atoms. The zero-order chi connectivity index (χ0) is 16.7. The molecule has 120 valence electrons. The van der Waals surface area contributed by atoms with Crippen molar-refractivity contribution in [2.24, 2.45) is 0 Å². The highest BCUT2D eigenvalue weighted by molar-refractivity contribution is 6.31. The summed E-state index contributed by atoms with van der Waals surface area (Å²) in [5, 5.41) is 5.73. The van der Waals surface area contributed by atoms with Crippen molar-refractivity contribution in [3.05, 3.63) is 59.1 Å². The van der Waals surface area contributed by atoms with Crippen LogP contribution in [0.15, 0.2) is 48.5 Å². The van der Waals surface area contributed by atoms with Crippen LogP contribution in [0, 0.1) is 6.92 Å². The van der Waals surface area contributed by atoms with E-state index in [1.165, 1.54) is 0 Å². The highest BCUT2D eigenvalue weighted by Crippen LogP contribution is 2.19. The van der Waals surface area contributed by atoms with Crippen LogP contribution in [0.25, 0.3) is 0 Å². The van der Waals surface area contributed by atoms with Gasteiger partial charge in [-0.1, -0.05) is 35.9 Å². The number of rotatable bonds is 6. The largest absolute Gasteiger partial charge is 0.484 e. The first-order chi connectivity index (χ1) is 11.0. The van der Waals surface area contributed by atoms with Crippen LogP contribution in [0.2, 0.25) is 5.02 Å². The lowest BCUT2D eigenvalue weighted by Crippen LogP contribution is -2.35. The maximum atomic E-state index is 11.8. The molecular formula is C17H17ClN2O3. The van der Waals surface area contributed by atoms with Crippen LogP contribution in [0.4, 0.5) is 5.69 Å². The lowest BCUT2D eigenvalue weighted by molar-refractivity contribution is -0.125. The molecule has 0 bridgehead atoms. The minimum Gasteiger partial charge on any atom is -0.484 e. The molecule has 0 aliphatic rings. The summed E-state index contributed by atoms with van der Waals surface area (Å²) in [4.78, 5) is 23.5. The number of carbonyl (C=O) groups excluding carboxylic acids is 2. The van der Waals surface area contributed by atoms with Gasteiger partial charge in [-0.15, -0.1) is 0 Å². The first kappa shape index (κ1) is 16.8. The topological polar surface area (TPSA) is 67.4 Å². The fourth-order valence-electron chi connectivity index (χ4n) is 1.82. The third-order valence-electron chi connectivity index (χ3n) is 3.03. The Labute approximate surface area is 139 Å². The molecule has 0 aliphatic carbocycles. The molecule has 0 radical (unpaired) electrons. The standard InChI is InChI=1S/C17H17ClN2O3/c1-12-7-8-13(18)9-15(12)20-16(21)10-19-17(22)11-23-14-5-3-2-4-6-14/h2-9H,10-11H2,1H3,(H,19,22)(H,20,21). The van der Waals surface area contributed by atoms with Crippen molar-refractivity contribution in [3.63, 3.8) is 0 Å². The SMILES string of the molecule is Cc1ccc(Cl)cc1NC(=O)CNC(=O)COc1ccccc1. The van der Waals surface area contributed by atoms with Gasteiger partial charge >= 0.3 is 0 Å². The van der Waals surface area contributed by atoms with E-state index in [0.29, 0.717) is 16.5 Å². The molecule has 0 fully saturated rings. The third kappa shape index (κ3) is 5.64. The number of benzene rings is 2. The second kappa shape index (κ2) is 8.19. The van der Waals surface area contributed by atoms with E-state index in [-0.39, 0.29) is 25.0 Å². The van der Waals surface area contributed by atoms with Gasteiger partial charge in [0.25, 0.3) is 5.91 Å². The van der Waals surface area contributed by atoms with Crippen molar-refractivity contribution in [1.29, 1.82) is 0 Å². The molecule has 0 saturated carbocycles. The average Bonchev–Trinajstić information content (AvgIpc) is 2.55. The number of para-hydroxylation sites is 1. The average molecular weight is 333 g/mol. The van der Waals surface area contributed by atoms with E-state index in [2.05, 4.69) is 10.6 Å². The van der Waals surface area contributed by atoms with Crippen LogP contribution in [-0.2, 0) is 9.59 Å². The van der Waals surface area contributed by atoms with E-state index in [9.17, 15) is 9.59 Å².